The number of hydrazine groups is 1. The number of hydrogen-bond donors (Lipinski definition) is 2. The van der Waals surface area contributed by atoms with E-state index < -0.39 is 0 Å². The first kappa shape index (κ1) is 9.01. The highest BCUT2D eigenvalue weighted by Gasteiger charge is 2.38. The normalized spacial score (nSPS) is 40.6. The molecule has 2 fully saturated rings. The molecule has 3 unspecified atom stereocenters. The molecular weight excluding hydrogens is 136 g/mol. The molecule has 3 N–H and O–H groups in total. The Kier molecular flexibility index (Phi) is 2.90. The van der Waals surface area contributed by atoms with Gasteiger partial charge in [0.2, 0.25) is 0 Å². The van der Waals surface area contributed by atoms with Gasteiger partial charge >= 0.3 is 0 Å². The van der Waals surface area contributed by atoms with Crippen LogP contribution in [0.4, 0.5) is 0 Å². The maximum absolute atomic E-state index is 5.29. The van der Waals surface area contributed by atoms with Gasteiger partial charge in [-0.1, -0.05) is 13.8 Å². The first-order chi connectivity index (χ1) is 4.90. The van der Waals surface area contributed by atoms with Gasteiger partial charge in [0, 0.05) is 6.54 Å². The molecule has 0 radical (unpaired) electrons. The Morgan fingerprint density at radius 3 is 2.55 bits per heavy atom. The Hall–Kier alpha value is -0.0800. The molecule has 2 saturated carbocycles. The average Bonchev–Trinajstić information content (AvgIpc) is 2.48. The van der Waals surface area contributed by atoms with Gasteiger partial charge < -0.3 is 0 Å². The van der Waals surface area contributed by atoms with Crippen LogP contribution >= 0.6 is 0 Å². The Balaban J connectivity index is 0.000000605. The lowest BCUT2D eigenvalue weighted by molar-refractivity contribution is 0.321. The monoisotopic (exact) mass is 156 g/mol. The smallest absolute Gasteiger partial charge is 0.0128 e. The van der Waals surface area contributed by atoms with Crippen LogP contribution in [0.2, 0.25) is 0 Å². The second kappa shape index (κ2) is 3.55. The summed E-state index contributed by atoms with van der Waals surface area (Å²) in [6.45, 7) is 1.04. The van der Waals surface area contributed by atoms with Crippen molar-refractivity contribution in [3.8, 4) is 0 Å². The summed E-state index contributed by atoms with van der Waals surface area (Å²) < 4.78 is 0. The summed E-state index contributed by atoms with van der Waals surface area (Å²) in [5.74, 6) is 8.27. The van der Waals surface area contributed by atoms with E-state index in [0.29, 0.717) is 0 Å². The second-order valence-corrected chi connectivity index (χ2v) is 3.84. The summed E-state index contributed by atoms with van der Waals surface area (Å²) in [4.78, 5) is 0. The molecule has 66 valence electrons. The lowest BCUT2D eigenvalue weighted by Crippen LogP contribution is -2.31. The summed E-state index contributed by atoms with van der Waals surface area (Å²) in [6, 6.07) is 0. The van der Waals surface area contributed by atoms with Crippen molar-refractivity contribution in [2.45, 2.75) is 33.1 Å². The SMILES string of the molecule is C.NNCC1CC2CCC1C2. The van der Waals surface area contributed by atoms with Crippen LogP contribution in [0.15, 0.2) is 0 Å². The van der Waals surface area contributed by atoms with Crippen molar-refractivity contribution < 1.29 is 0 Å². The maximum Gasteiger partial charge on any atom is 0.0128 e. The summed E-state index contributed by atoms with van der Waals surface area (Å²) in [6.07, 6.45) is 5.89. The molecule has 0 spiro atoms. The average molecular weight is 156 g/mol. The Morgan fingerprint density at radius 1 is 1.27 bits per heavy atom. The summed E-state index contributed by atoms with van der Waals surface area (Å²) in [5.41, 5.74) is 2.79. The van der Waals surface area contributed by atoms with Gasteiger partial charge in [-0.25, -0.2) is 0 Å². The van der Waals surface area contributed by atoms with Crippen LogP contribution in [0, 0.1) is 17.8 Å². The number of rotatable bonds is 2. The molecule has 0 aromatic heterocycles. The van der Waals surface area contributed by atoms with E-state index in [-0.39, 0.29) is 7.43 Å². The molecule has 2 aliphatic rings. The highest BCUT2D eigenvalue weighted by molar-refractivity contribution is 4.90. The van der Waals surface area contributed by atoms with Gasteiger partial charge in [0.25, 0.3) is 0 Å². The van der Waals surface area contributed by atoms with Crippen LogP contribution in [0.3, 0.4) is 0 Å². The minimum atomic E-state index is 0. The fourth-order valence-corrected chi connectivity index (χ4v) is 2.78. The highest BCUT2D eigenvalue weighted by atomic mass is 15.2. The summed E-state index contributed by atoms with van der Waals surface area (Å²) in [5, 5.41) is 0. The molecule has 11 heavy (non-hydrogen) atoms. The number of fused-ring (bicyclic) bond motifs is 2. The van der Waals surface area contributed by atoms with E-state index in [9.17, 15) is 0 Å². The third-order valence-corrected chi connectivity index (χ3v) is 3.26. The molecule has 0 aromatic rings. The van der Waals surface area contributed by atoms with Crippen LogP contribution in [0.1, 0.15) is 33.1 Å². The second-order valence-electron chi connectivity index (χ2n) is 3.84. The van der Waals surface area contributed by atoms with E-state index in [1.54, 1.807) is 0 Å². The van der Waals surface area contributed by atoms with Crippen LogP contribution in [0.5, 0.6) is 0 Å². The zero-order valence-electron chi connectivity index (χ0n) is 6.34. The van der Waals surface area contributed by atoms with E-state index >= 15 is 0 Å². The van der Waals surface area contributed by atoms with E-state index in [1.807, 2.05) is 0 Å². The van der Waals surface area contributed by atoms with Crippen LogP contribution in [-0.2, 0) is 0 Å². The molecule has 2 heteroatoms. The van der Waals surface area contributed by atoms with Gasteiger partial charge in [-0.2, -0.15) is 0 Å². The third-order valence-electron chi connectivity index (χ3n) is 3.26. The Bertz CT molecular complexity index is 125. The maximum atomic E-state index is 5.29. The number of nitrogens with one attached hydrogen (secondary N) is 1. The summed E-state index contributed by atoms with van der Waals surface area (Å²) >= 11 is 0. The van der Waals surface area contributed by atoms with Crippen molar-refractivity contribution >= 4 is 0 Å². The van der Waals surface area contributed by atoms with Crippen LogP contribution in [0.25, 0.3) is 0 Å². The van der Waals surface area contributed by atoms with Crippen molar-refractivity contribution in [2.24, 2.45) is 23.6 Å². The van der Waals surface area contributed by atoms with E-state index in [0.717, 1.165) is 24.3 Å². The number of hydrogen-bond acceptors (Lipinski definition) is 2. The van der Waals surface area contributed by atoms with Crippen molar-refractivity contribution in [3.05, 3.63) is 0 Å². The first-order valence-electron chi connectivity index (χ1n) is 4.33. The number of nitrogens with two attached hydrogens (primary N) is 1. The molecule has 2 aliphatic carbocycles. The van der Waals surface area contributed by atoms with Gasteiger partial charge in [-0.15, -0.1) is 0 Å². The van der Waals surface area contributed by atoms with E-state index in [2.05, 4.69) is 5.43 Å². The van der Waals surface area contributed by atoms with Crippen molar-refractivity contribution in [2.75, 3.05) is 6.54 Å². The minimum absolute atomic E-state index is 0. The van der Waals surface area contributed by atoms with Gasteiger partial charge in [-0.3, -0.25) is 11.3 Å². The van der Waals surface area contributed by atoms with Gasteiger partial charge in [0.1, 0.15) is 0 Å². The van der Waals surface area contributed by atoms with Gasteiger partial charge in [0.05, 0.1) is 0 Å². The van der Waals surface area contributed by atoms with Crippen molar-refractivity contribution in [1.29, 1.82) is 0 Å². The van der Waals surface area contributed by atoms with Crippen molar-refractivity contribution in [3.63, 3.8) is 0 Å². The van der Waals surface area contributed by atoms with E-state index in [4.69, 9.17) is 5.84 Å². The zero-order chi connectivity index (χ0) is 6.97. The molecule has 2 bridgehead atoms. The van der Waals surface area contributed by atoms with Crippen molar-refractivity contribution in [1.82, 2.24) is 5.43 Å². The highest BCUT2D eigenvalue weighted by Crippen LogP contribution is 2.47. The standard InChI is InChI=1S/C8H16N2.CH4/c9-10-5-8-4-6-1-2-7(8)3-6;/h6-8,10H,1-5,9H2;1H4. The third kappa shape index (κ3) is 1.57. The fourth-order valence-electron chi connectivity index (χ4n) is 2.78. The Morgan fingerprint density at radius 2 is 2.09 bits per heavy atom. The predicted octanol–water partition coefficient (Wildman–Crippen LogP) is 1.52. The van der Waals surface area contributed by atoms with Crippen LogP contribution < -0.4 is 11.3 Å². The lowest BCUT2D eigenvalue weighted by atomic mass is 9.89. The fraction of sp³-hybridized carbons (Fsp3) is 1.00. The van der Waals surface area contributed by atoms with Crippen LogP contribution in [-0.4, -0.2) is 6.54 Å². The molecule has 3 atom stereocenters. The molecule has 0 aliphatic heterocycles. The molecule has 0 heterocycles. The lowest BCUT2D eigenvalue weighted by Gasteiger charge is -2.20. The minimum Gasteiger partial charge on any atom is -0.271 e. The summed E-state index contributed by atoms with van der Waals surface area (Å²) in [7, 11) is 0. The topological polar surface area (TPSA) is 38.0 Å². The quantitative estimate of drug-likeness (QED) is 0.470. The molecule has 2 rings (SSSR count). The molecule has 0 amide bonds. The zero-order valence-corrected chi connectivity index (χ0v) is 6.34. The van der Waals surface area contributed by atoms with Gasteiger partial charge in [0.15, 0.2) is 0 Å². The predicted molar refractivity (Wildman–Crippen MR) is 47.9 cm³/mol. The first-order valence-corrected chi connectivity index (χ1v) is 4.33. The molecule has 2 nitrogen and oxygen atoms in total. The Labute approximate surface area is 69.5 Å². The van der Waals surface area contributed by atoms with Gasteiger partial charge in [-0.05, 0) is 37.0 Å². The van der Waals surface area contributed by atoms with E-state index in [1.165, 1.54) is 25.7 Å². The molecule has 0 aromatic carbocycles. The molecule has 0 saturated heterocycles. The molecular formula is C9H20N2. The largest absolute Gasteiger partial charge is 0.271 e.